The number of rotatable bonds is 8. The number of nitrogens with one attached hydrogen (secondary N) is 1. The molecule has 0 amide bonds. The van der Waals surface area contributed by atoms with Crippen molar-refractivity contribution in [2.24, 2.45) is 10.7 Å². The zero-order valence-electron chi connectivity index (χ0n) is 18.1. The van der Waals surface area contributed by atoms with E-state index < -0.39 is 17.9 Å². The number of nitrogens with two attached hydrogens (primary N) is 2. The van der Waals surface area contributed by atoms with Gasteiger partial charge in [0.2, 0.25) is 0 Å². The number of benzene rings is 1. The number of aliphatic imine (C=N–C) groups is 1. The van der Waals surface area contributed by atoms with Gasteiger partial charge in [-0.15, -0.1) is 0 Å². The molecule has 1 aromatic carbocycles. The van der Waals surface area contributed by atoms with Gasteiger partial charge in [-0.2, -0.15) is 5.26 Å². The van der Waals surface area contributed by atoms with E-state index in [0.29, 0.717) is 12.3 Å². The first-order chi connectivity index (χ1) is 15.3. The highest BCUT2D eigenvalue weighted by Gasteiger charge is 2.22. The molecular formula is C21H24FN7O3. The monoisotopic (exact) mass is 441 g/mol. The van der Waals surface area contributed by atoms with Crippen molar-refractivity contribution in [3.63, 3.8) is 0 Å². The van der Waals surface area contributed by atoms with E-state index in [4.69, 9.17) is 20.9 Å². The maximum Gasteiger partial charge on any atom is 0.338 e. The maximum absolute atomic E-state index is 13.9. The summed E-state index contributed by atoms with van der Waals surface area (Å²) in [6.45, 7) is 1.91. The molecule has 0 aliphatic heterocycles. The number of halogens is 1. The van der Waals surface area contributed by atoms with Crippen LogP contribution in [-0.4, -0.2) is 49.4 Å². The summed E-state index contributed by atoms with van der Waals surface area (Å²) < 4.78 is 24.4. The summed E-state index contributed by atoms with van der Waals surface area (Å²) in [4.78, 5) is 24.7. The van der Waals surface area contributed by atoms with Gasteiger partial charge in [0.1, 0.15) is 23.7 Å². The Morgan fingerprint density at radius 1 is 1.44 bits per heavy atom. The van der Waals surface area contributed by atoms with Crippen molar-refractivity contribution in [3.05, 3.63) is 52.7 Å². The number of aromatic nitrogens is 2. The van der Waals surface area contributed by atoms with Crippen LogP contribution in [0.25, 0.3) is 5.57 Å². The standard InChI is InChI=1S/C21H24FN7O3/c1-11(14-7-12(22)5-6-13(14)21(30)31-4)32-20-19(25)28-10-17(29-20)18(15(24)8-23)16(27-3)9-26-2/h5-7,10-11,26H,9,24H2,1-4H3,(H2,25,28)/t11-/m1/s1. The van der Waals surface area contributed by atoms with E-state index in [2.05, 4.69) is 20.3 Å². The van der Waals surface area contributed by atoms with Crippen molar-refractivity contribution in [2.75, 3.05) is 33.5 Å². The molecule has 0 saturated heterocycles. The predicted octanol–water partition coefficient (Wildman–Crippen LogP) is 1.61. The van der Waals surface area contributed by atoms with E-state index in [9.17, 15) is 14.4 Å². The summed E-state index contributed by atoms with van der Waals surface area (Å²) in [7, 11) is 4.49. The highest BCUT2D eigenvalue weighted by Crippen LogP contribution is 2.29. The van der Waals surface area contributed by atoms with Crippen LogP contribution in [0.5, 0.6) is 5.88 Å². The molecule has 1 atom stereocenters. The summed E-state index contributed by atoms with van der Waals surface area (Å²) in [5.41, 5.74) is 13.0. The van der Waals surface area contributed by atoms with Crippen molar-refractivity contribution < 1.29 is 18.7 Å². The molecule has 10 nitrogen and oxygen atoms in total. The average Bonchev–Trinajstić information content (AvgIpc) is 2.79. The molecule has 0 fully saturated rings. The average molecular weight is 441 g/mol. The fourth-order valence-corrected chi connectivity index (χ4v) is 2.93. The largest absolute Gasteiger partial charge is 0.467 e. The van der Waals surface area contributed by atoms with Crippen LogP contribution < -0.4 is 21.5 Å². The van der Waals surface area contributed by atoms with Gasteiger partial charge in [-0.1, -0.05) is 0 Å². The first-order valence-electron chi connectivity index (χ1n) is 9.45. The normalized spacial score (nSPS) is 13.1. The van der Waals surface area contributed by atoms with Crippen molar-refractivity contribution in [1.29, 1.82) is 5.26 Å². The number of nitrogens with zero attached hydrogens (tertiary/aromatic N) is 4. The number of methoxy groups -OCH3 is 1. The lowest BCUT2D eigenvalue weighted by Gasteiger charge is -2.19. The Morgan fingerprint density at radius 3 is 2.75 bits per heavy atom. The molecule has 168 valence electrons. The molecule has 0 saturated carbocycles. The number of esters is 1. The van der Waals surface area contributed by atoms with Crippen LogP contribution in [-0.2, 0) is 4.74 Å². The zero-order valence-corrected chi connectivity index (χ0v) is 18.1. The SMILES string of the molecule is CN=C(CNC)C(=C(N)C#N)c1cnc(N)c(O[C@H](C)c2cc(F)ccc2C(=O)OC)n1. The maximum atomic E-state index is 13.9. The minimum Gasteiger partial charge on any atom is -0.467 e. The predicted molar refractivity (Wildman–Crippen MR) is 117 cm³/mol. The minimum atomic E-state index is -0.844. The highest BCUT2D eigenvalue weighted by atomic mass is 19.1. The summed E-state index contributed by atoms with van der Waals surface area (Å²) in [6.07, 6.45) is 0.499. The molecule has 0 aliphatic carbocycles. The van der Waals surface area contributed by atoms with Gasteiger partial charge < -0.3 is 26.3 Å². The van der Waals surface area contributed by atoms with E-state index in [1.807, 2.05) is 6.07 Å². The zero-order chi connectivity index (χ0) is 23.8. The lowest BCUT2D eigenvalue weighted by molar-refractivity contribution is 0.0595. The Bertz CT molecular complexity index is 1110. The number of ether oxygens (including phenoxy) is 2. The van der Waals surface area contributed by atoms with Gasteiger partial charge in [0, 0.05) is 19.2 Å². The molecule has 0 aliphatic rings. The second-order valence-corrected chi connectivity index (χ2v) is 6.53. The Kier molecular flexibility index (Phi) is 8.20. The second kappa shape index (κ2) is 10.8. The molecule has 11 heteroatoms. The van der Waals surface area contributed by atoms with Crippen LogP contribution in [0.1, 0.15) is 34.6 Å². The van der Waals surface area contributed by atoms with Gasteiger partial charge in [0.25, 0.3) is 5.88 Å². The fraction of sp³-hybridized carbons (Fsp3) is 0.286. The number of nitriles is 1. The first-order valence-corrected chi connectivity index (χ1v) is 9.45. The van der Waals surface area contributed by atoms with Crippen LogP contribution in [0.3, 0.4) is 0 Å². The van der Waals surface area contributed by atoms with Crippen molar-refractivity contribution in [1.82, 2.24) is 15.3 Å². The summed E-state index contributed by atoms with van der Waals surface area (Å²) >= 11 is 0. The number of carbonyl (C=O) groups is 1. The molecule has 1 heterocycles. The molecule has 1 aromatic heterocycles. The Balaban J connectivity index is 2.52. The second-order valence-electron chi connectivity index (χ2n) is 6.53. The molecule has 0 spiro atoms. The van der Waals surface area contributed by atoms with Crippen molar-refractivity contribution >= 4 is 23.1 Å². The third-order valence-electron chi connectivity index (χ3n) is 4.46. The van der Waals surface area contributed by atoms with E-state index in [1.54, 1.807) is 21.0 Å². The molecular weight excluding hydrogens is 417 g/mol. The van der Waals surface area contributed by atoms with E-state index in [0.717, 1.165) is 12.1 Å². The lowest BCUT2D eigenvalue weighted by atomic mass is 10.0. The number of allylic oxidation sites excluding steroid dienone is 1. The summed E-state index contributed by atoms with van der Waals surface area (Å²) in [6, 6.07) is 5.50. The molecule has 0 radical (unpaired) electrons. The fourth-order valence-electron chi connectivity index (χ4n) is 2.93. The van der Waals surface area contributed by atoms with Gasteiger partial charge in [-0.25, -0.2) is 19.2 Å². The lowest BCUT2D eigenvalue weighted by Crippen LogP contribution is -2.23. The van der Waals surface area contributed by atoms with Gasteiger partial charge in [-0.05, 0) is 32.2 Å². The van der Waals surface area contributed by atoms with Gasteiger partial charge in [-0.3, -0.25) is 4.99 Å². The van der Waals surface area contributed by atoms with Crippen LogP contribution in [0.4, 0.5) is 10.2 Å². The van der Waals surface area contributed by atoms with Crippen LogP contribution in [0.2, 0.25) is 0 Å². The highest BCUT2D eigenvalue weighted by molar-refractivity contribution is 6.25. The van der Waals surface area contributed by atoms with Crippen LogP contribution >= 0.6 is 0 Å². The Labute approximate surface area is 184 Å². The Hall–Kier alpha value is -4.04. The number of carbonyl (C=O) groups excluding carboxylic acids is 1. The van der Waals surface area contributed by atoms with Gasteiger partial charge in [0.15, 0.2) is 5.82 Å². The van der Waals surface area contributed by atoms with Crippen molar-refractivity contribution in [2.45, 2.75) is 13.0 Å². The number of nitrogen functional groups attached to an aromatic ring is 1. The number of hydrogen-bond donors (Lipinski definition) is 3. The molecule has 5 N–H and O–H groups in total. The molecule has 0 bridgehead atoms. The van der Waals surface area contributed by atoms with Crippen LogP contribution in [0, 0.1) is 17.1 Å². The number of hydrogen-bond acceptors (Lipinski definition) is 10. The Morgan fingerprint density at radius 2 is 2.16 bits per heavy atom. The summed E-state index contributed by atoms with van der Waals surface area (Å²) in [5.74, 6) is -1.33. The van der Waals surface area contributed by atoms with Crippen LogP contribution in [0.15, 0.2) is 35.1 Å². The third kappa shape index (κ3) is 5.35. The van der Waals surface area contributed by atoms with Crippen molar-refractivity contribution in [3.8, 4) is 11.9 Å². The van der Waals surface area contributed by atoms with Gasteiger partial charge in [0.05, 0.1) is 35.8 Å². The molecule has 0 unspecified atom stereocenters. The first kappa shape index (κ1) is 24.2. The minimum absolute atomic E-state index is 0.0462. The van der Waals surface area contributed by atoms with E-state index >= 15 is 0 Å². The smallest absolute Gasteiger partial charge is 0.338 e. The third-order valence-corrected chi connectivity index (χ3v) is 4.46. The molecule has 2 aromatic rings. The molecule has 32 heavy (non-hydrogen) atoms. The van der Waals surface area contributed by atoms with Gasteiger partial charge >= 0.3 is 5.97 Å². The molecule has 2 rings (SSSR count). The van der Waals surface area contributed by atoms with E-state index in [1.165, 1.54) is 19.4 Å². The topological polar surface area (TPSA) is 162 Å². The quantitative estimate of drug-likeness (QED) is 0.314. The summed E-state index contributed by atoms with van der Waals surface area (Å²) in [5, 5.41) is 12.3. The number of anilines is 1. The van der Waals surface area contributed by atoms with E-state index in [-0.39, 0.29) is 39.8 Å².